The zero-order valence-corrected chi connectivity index (χ0v) is 12.7. The van der Waals surface area contributed by atoms with Crippen molar-refractivity contribution in [2.75, 3.05) is 27.2 Å². The number of methoxy groups -OCH3 is 1. The van der Waals surface area contributed by atoms with Gasteiger partial charge in [-0.25, -0.2) is 0 Å². The predicted molar refractivity (Wildman–Crippen MR) is 77.4 cm³/mol. The molecule has 0 atom stereocenters. The number of hydrogen-bond donors (Lipinski definition) is 1. The number of phenolic OH excluding ortho intramolecular Hbond substituents is 1. The largest absolute Gasteiger partial charge is 0.507 e. The van der Waals surface area contributed by atoms with Gasteiger partial charge in [0.15, 0.2) is 0 Å². The Hall–Kier alpha value is -2.24. The summed E-state index contributed by atoms with van der Waals surface area (Å²) in [5, 5.41) is 9.99. The molecule has 1 aliphatic heterocycles. The van der Waals surface area contributed by atoms with Gasteiger partial charge in [0.05, 0.1) is 12.7 Å². The number of piperazine rings is 1. The van der Waals surface area contributed by atoms with Crippen LogP contribution in [0.5, 0.6) is 11.5 Å². The molecule has 2 amide bonds. The van der Waals surface area contributed by atoms with Gasteiger partial charge >= 0.3 is 0 Å². The van der Waals surface area contributed by atoms with Gasteiger partial charge in [0, 0.05) is 26.2 Å². The van der Waals surface area contributed by atoms with E-state index < -0.39 is 5.54 Å². The average molecular weight is 292 g/mol. The summed E-state index contributed by atoms with van der Waals surface area (Å²) in [6.07, 6.45) is 0. The molecule has 114 valence electrons. The molecule has 1 aromatic rings. The normalized spacial score (nSPS) is 17.8. The van der Waals surface area contributed by atoms with Gasteiger partial charge < -0.3 is 19.6 Å². The molecule has 0 spiro atoms. The first kappa shape index (κ1) is 15.2. The molecule has 0 aromatic heterocycles. The summed E-state index contributed by atoms with van der Waals surface area (Å²) < 4.78 is 5.00. The van der Waals surface area contributed by atoms with Crippen molar-refractivity contribution in [3.05, 3.63) is 23.8 Å². The van der Waals surface area contributed by atoms with Crippen LogP contribution in [0.2, 0.25) is 0 Å². The van der Waals surface area contributed by atoms with Crippen LogP contribution in [0.4, 0.5) is 0 Å². The van der Waals surface area contributed by atoms with Crippen LogP contribution in [-0.4, -0.2) is 59.5 Å². The molecule has 0 radical (unpaired) electrons. The smallest absolute Gasteiger partial charge is 0.258 e. The molecule has 21 heavy (non-hydrogen) atoms. The number of amides is 2. The molecule has 2 rings (SSSR count). The summed E-state index contributed by atoms with van der Waals surface area (Å²) in [4.78, 5) is 28.0. The highest BCUT2D eigenvalue weighted by molar-refractivity contribution is 6.01. The molecular weight excluding hydrogens is 272 g/mol. The maximum Gasteiger partial charge on any atom is 0.258 e. The summed E-state index contributed by atoms with van der Waals surface area (Å²) in [7, 11) is 3.20. The molecule has 1 saturated heterocycles. The summed E-state index contributed by atoms with van der Waals surface area (Å²) in [5.41, 5.74) is -0.766. The van der Waals surface area contributed by atoms with E-state index in [0.717, 1.165) is 0 Å². The number of phenols is 1. The van der Waals surface area contributed by atoms with Gasteiger partial charge in [-0.1, -0.05) is 0 Å². The van der Waals surface area contributed by atoms with Crippen molar-refractivity contribution in [2.24, 2.45) is 0 Å². The number of carbonyl (C=O) groups excluding carboxylic acids is 2. The summed E-state index contributed by atoms with van der Waals surface area (Å²) >= 11 is 0. The zero-order valence-electron chi connectivity index (χ0n) is 12.7. The van der Waals surface area contributed by atoms with E-state index in [0.29, 0.717) is 18.8 Å². The molecule has 1 fully saturated rings. The molecule has 0 saturated carbocycles. The molecule has 1 aromatic carbocycles. The van der Waals surface area contributed by atoms with Crippen LogP contribution < -0.4 is 4.74 Å². The Balaban J connectivity index is 2.34. The van der Waals surface area contributed by atoms with Gasteiger partial charge in [-0.2, -0.15) is 0 Å². The first-order valence-corrected chi connectivity index (χ1v) is 6.73. The van der Waals surface area contributed by atoms with Crippen molar-refractivity contribution in [1.29, 1.82) is 0 Å². The summed E-state index contributed by atoms with van der Waals surface area (Å²) in [5.74, 6) is -0.156. The van der Waals surface area contributed by atoms with Crippen LogP contribution in [-0.2, 0) is 4.79 Å². The number of nitrogens with zero attached hydrogens (tertiary/aromatic N) is 2. The summed E-state index contributed by atoms with van der Waals surface area (Å²) in [6.45, 7) is 4.33. The second kappa shape index (κ2) is 5.27. The highest BCUT2D eigenvalue weighted by Crippen LogP contribution is 2.29. The molecule has 6 nitrogen and oxygen atoms in total. The third-order valence-corrected chi connectivity index (χ3v) is 3.88. The molecule has 0 unspecified atom stereocenters. The van der Waals surface area contributed by atoms with Crippen LogP contribution in [0, 0.1) is 0 Å². The van der Waals surface area contributed by atoms with Gasteiger partial charge in [0.25, 0.3) is 5.91 Å². The maximum absolute atomic E-state index is 12.6. The summed E-state index contributed by atoms with van der Waals surface area (Å²) in [6, 6.07) is 4.51. The number of benzene rings is 1. The standard InChI is InChI=1S/C15H20N2O4/c1-15(2)14(20)16(3)7-8-17(15)13(19)11-6-5-10(21-4)9-12(11)18/h5-6,9,18H,7-8H2,1-4H3. The molecule has 0 aliphatic carbocycles. The van der Waals surface area contributed by atoms with Gasteiger partial charge in [0.1, 0.15) is 17.0 Å². The lowest BCUT2D eigenvalue weighted by molar-refractivity contribution is -0.144. The van der Waals surface area contributed by atoms with Gasteiger partial charge in [0.2, 0.25) is 5.91 Å². The van der Waals surface area contributed by atoms with Gasteiger partial charge in [-0.15, -0.1) is 0 Å². The minimum atomic E-state index is -0.934. The van der Waals surface area contributed by atoms with E-state index >= 15 is 0 Å². The highest BCUT2D eigenvalue weighted by atomic mass is 16.5. The van der Waals surface area contributed by atoms with Crippen LogP contribution in [0.15, 0.2) is 18.2 Å². The van der Waals surface area contributed by atoms with Crippen molar-refractivity contribution >= 4 is 11.8 Å². The Morgan fingerprint density at radius 1 is 1.33 bits per heavy atom. The zero-order chi connectivity index (χ0) is 15.8. The Morgan fingerprint density at radius 2 is 2.00 bits per heavy atom. The lowest BCUT2D eigenvalue weighted by Gasteiger charge is -2.44. The van der Waals surface area contributed by atoms with E-state index in [1.54, 1.807) is 31.9 Å². The fraction of sp³-hybridized carbons (Fsp3) is 0.467. The fourth-order valence-electron chi connectivity index (χ4n) is 2.53. The quantitative estimate of drug-likeness (QED) is 0.886. The number of ether oxygens (including phenoxy) is 1. The van der Waals surface area contributed by atoms with Crippen molar-refractivity contribution in [2.45, 2.75) is 19.4 Å². The minimum absolute atomic E-state index is 0.116. The second-order valence-electron chi connectivity index (χ2n) is 5.63. The Morgan fingerprint density at radius 3 is 2.57 bits per heavy atom. The van der Waals surface area contributed by atoms with Crippen LogP contribution in [0.25, 0.3) is 0 Å². The van der Waals surface area contributed by atoms with Crippen LogP contribution >= 0.6 is 0 Å². The second-order valence-corrected chi connectivity index (χ2v) is 5.63. The number of carbonyl (C=O) groups is 2. The molecule has 1 N–H and O–H groups in total. The predicted octanol–water partition coefficient (Wildman–Crippen LogP) is 1.09. The third kappa shape index (κ3) is 2.53. The topological polar surface area (TPSA) is 70.1 Å². The fourth-order valence-corrected chi connectivity index (χ4v) is 2.53. The average Bonchev–Trinajstić information content (AvgIpc) is 2.44. The monoisotopic (exact) mass is 292 g/mol. The van der Waals surface area contributed by atoms with Gasteiger partial charge in [-0.05, 0) is 26.0 Å². The van der Waals surface area contributed by atoms with E-state index in [4.69, 9.17) is 4.74 Å². The molecule has 1 heterocycles. The molecular formula is C15H20N2O4. The lowest BCUT2D eigenvalue weighted by Crippen LogP contribution is -2.63. The Bertz CT molecular complexity index is 583. The highest BCUT2D eigenvalue weighted by Gasteiger charge is 2.43. The first-order valence-electron chi connectivity index (χ1n) is 6.73. The van der Waals surface area contributed by atoms with E-state index in [2.05, 4.69) is 0 Å². The van der Waals surface area contributed by atoms with Crippen molar-refractivity contribution in [3.8, 4) is 11.5 Å². The van der Waals surface area contributed by atoms with Crippen LogP contribution in [0.1, 0.15) is 24.2 Å². The van der Waals surface area contributed by atoms with E-state index in [9.17, 15) is 14.7 Å². The number of aromatic hydroxyl groups is 1. The SMILES string of the molecule is COc1ccc(C(=O)N2CCN(C)C(=O)C2(C)C)c(O)c1. The Labute approximate surface area is 123 Å². The Kier molecular flexibility index (Phi) is 3.80. The van der Waals surface area contributed by atoms with Gasteiger partial charge in [-0.3, -0.25) is 9.59 Å². The minimum Gasteiger partial charge on any atom is -0.507 e. The lowest BCUT2D eigenvalue weighted by atomic mass is 9.96. The van der Waals surface area contributed by atoms with Crippen molar-refractivity contribution < 1.29 is 19.4 Å². The van der Waals surface area contributed by atoms with Crippen molar-refractivity contribution in [3.63, 3.8) is 0 Å². The number of hydrogen-bond acceptors (Lipinski definition) is 4. The number of likely N-dealkylation sites (N-methyl/N-ethyl adjacent to an activating group) is 1. The van der Waals surface area contributed by atoms with Crippen LogP contribution in [0.3, 0.4) is 0 Å². The van der Waals surface area contributed by atoms with E-state index in [-0.39, 0.29) is 23.1 Å². The van der Waals surface area contributed by atoms with E-state index in [1.165, 1.54) is 24.1 Å². The molecule has 1 aliphatic rings. The number of rotatable bonds is 2. The van der Waals surface area contributed by atoms with Crippen molar-refractivity contribution in [1.82, 2.24) is 9.80 Å². The first-order chi connectivity index (χ1) is 9.78. The van der Waals surface area contributed by atoms with E-state index in [1.807, 2.05) is 0 Å². The molecule has 6 heteroatoms. The third-order valence-electron chi connectivity index (χ3n) is 3.88. The molecule has 0 bridgehead atoms. The maximum atomic E-state index is 12.6.